The van der Waals surface area contributed by atoms with Crippen LogP contribution in [0.25, 0.3) is 27.8 Å². The second-order valence-corrected chi connectivity index (χ2v) is 7.99. The molecule has 1 fully saturated rings. The smallest absolute Gasteiger partial charge is 0.280 e. The topological polar surface area (TPSA) is 65.1 Å². The standard InChI is InChI=1S/C22H22FN5O/c1-13-5-3-4-6-17(13)27-12-11-18-20(22(27)29)24-25-21-19(14(2)26-28(18)21)15-7-9-16(23)10-8-15/h7-13,17H,3-6H2,1-2H3/t13-,17+/m0/s1. The molecule has 1 aromatic carbocycles. The molecule has 0 unspecified atom stereocenters. The largest absolute Gasteiger partial charge is 0.310 e. The van der Waals surface area contributed by atoms with Crippen molar-refractivity contribution in [2.24, 2.45) is 5.92 Å². The van der Waals surface area contributed by atoms with Gasteiger partial charge in [0.05, 0.1) is 11.3 Å². The molecular formula is C22H22FN5O. The minimum absolute atomic E-state index is 0.118. The van der Waals surface area contributed by atoms with Crippen LogP contribution in [0.3, 0.4) is 0 Å². The number of pyridine rings is 1. The molecule has 0 amide bonds. The third-order valence-corrected chi connectivity index (χ3v) is 6.14. The highest BCUT2D eigenvalue weighted by molar-refractivity contribution is 5.84. The zero-order valence-electron chi connectivity index (χ0n) is 16.5. The fourth-order valence-electron chi connectivity index (χ4n) is 4.59. The summed E-state index contributed by atoms with van der Waals surface area (Å²) in [5.41, 5.74) is 3.77. The third kappa shape index (κ3) is 2.84. The average Bonchev–Trinajstić information content (AvgIpc) is 3.06. The second-order valence-electron chi connectivity index (χ2n) is 7.99. The number of aromatic nitrogens is 5. The van der Waals surface area contributed by atoms with E-state index in [0.717, 1.165) is 36.1 Å². The van der Waals surface area contributed by atoms with Crippen molar-refractivity contribution in [2.45, 2.75) is 45.6 Å². The molecule has 7 heteroatoms. The molecule has 0 radical (unpaired) electrons. The van der Waals surface area contributed by atoms with Crippen molar-refractivity contribution >= 4 is 16.7 Å². The van der Waals surface area contributed by atoms with Crippen molar-refractivity contribution in [3.63, 3.8) is 0 Å². The molecule has 0 bridgehead atoms. The molecule has 0 aliphatic heterocycles. The Hall–Kier alpha value is -3.09. The van der Waals surface area contributed by atoms with Gasteiger partial charge in [0.1, 0.15) is 11.3 Å². The van der Waals surface area contributed by atoms with E-state index in [1.807, 2.05) is 23.8 Å². The highest BCUT2D eigenvalue weighted by Crippen LogP contribution is 2.33. The summed E-state index contributed by atoms with van der Waals surface area (Å²) in [6.45, 7) is 4.09. The van der Waals surface area contributed by atoms with Gasteiger partial charge in [0.15, 0.2) is 11.2 Å². The van der Waals surface area contributed by atoms with E-state index in [-0.39, 0.29) is 17.4 Å². The number of benzene rings is 1. The average molecular weight is 391 g/mol. The van der Waals surface area contributed by atoms with Crippen LogP contribution in [0.5, 0.6) is 0 Å². The van der Waals surface area contributed by atoms with Crippen molar-refractivity contribution in [1.82, 2.24) is 24.4 Å². The predicted octanol–water partition coefficient (Wildman–Crippen LogP) is 4.30. The predicted molar refractivity (Wildman–Crippen MR) is 109 cm³/mol. The first-order chi connectivity index (χ1) is 14.0. The van der Waals surface area contributed by atoms with Gasteiger partial charge in [-0.1, -0.05) is 31.9 Å². The quantitative estimate of drug-likeness (QED) is 0.511. The summed E-state index contributed by atoms with van der Waals surface area (Å²) >= 11 is 0. The summed E-state index contributed by atoms with van der Waals surface area (Å²) in [4.78, 5) is 13.2. The number of hydrogen-bond acceptors (Lipinski definition) is 4. The number of hydrogen-bond donors (Lipinski definition) is 0. The van der Waals surface area contributed by atoms with E-state index in [1.165, 1.54) is 18.6 Å². The molecule has 4 aromatic rings. The van der Waals surface area contributed by atoms with Gasteiger partial charge in [-0.25, -0.2) is 8.91 Å². The van der Waals surface area contributed by atoms with Crippen molar-refractivity contribution in [2.75, 3.05) is 0 Å². The Morgan fingerprint density at radius 1 is 1.07 bits per heavy atom. The molecule has 3 aromatic heterocycles. The molecule has 29 heavy (non-hydrogen) atoms. The molecule has 6 nitrogen and oxygen atoms in total. The molecule has 1 saturated carbocycles. The zero-order chi connectivity index (χ0) is 20.1. The van der Waals surface area contributed by atoms with E-state index in [1.54, 1.807) is 16.6 Å². The molecule has 2 atom stereocenters. The van der Waals surface area contributed by atoms with Crippen LogP contribution in [0, 0.1) is 18.7 Å². The van der Waals surface area contributed by atoms with Crippen LogP contribution >= 0.6 is 0 Å². The summed E-state index contributed by atoms with van der Waals surface area (Å²) in [6, 6.07) is 8.34. The molecule has 0 saturated heterocycles. The van der Waals surface area contributed by atoms with Crippen LogP contribution in [0.1, 0.15) is 44.3 Å². The fourth-order valence-corrected chi connectivity index (χ4v) is 4.59. The Bertz CT molecular complexity index is 1270. The number of rotatable bonds is 2. The Morgan fingerprint density at radius 2 is 1.83 bits per heavy atom. The van der Waals surface area contributed by atoms with Gasteiger partial charge in [-0.05, 0) is 49.4 Å². The van der Waals surface area contributed by atoms with E-state index in [4.69, 9.17) is 0 Å². The summed E-state index contributed by atoms with van der Waals surface area (Å²) in [7, 11) is 0. The van der Waals surface area contributed by atoms with E-state index in [9.17, 15) is 9.18 Å². The summed E-state index contributed by atoms with van der Waals surface area (Å²) < 4.78 is 16.8. The Balaban J connectivity index is 1.70. The maximum absolute atomic E-state index is 13.3. The number of halogens is 1. The van der Waals surface area contributed by atoms with Gasteiger partial charge in [0, 0.05) is 12.2 Å². The van der Waals surface area contributed by atoms with E-state index >= 15 is 0 Å². The van der Waals surface area contributed by atoms with Crippen LogP contribution in [-0.2, 0) is 0 Å². The maximum atomic E-state index is 13.3. The van der Waals surface area contributed by atoms with Gasteiger partial charge in [0.25, 0.3) is 5.56 Å². The molecule has 1 aliphatic carbocycles. The van der Waals surface area contributed by atoms with Gasteiger partial charge in [0.2, 0.25) is 0 Å². The first-order valence-electron chi connectivity index (χ1n) is 10.1. The van der Waals surface area contributed by atoms with Gasteiger partial charge < -0.3 is 4.57 Å². The van der Waals surface area contributed by atoms with Crippen LogP contribution in [0.4, 0.5) is 4.39 Å². The van der Waals surface area contributed by atoms with Crippen molar-refractivity contribution in [3.8, 4) is 11.1 Å². The molecular weight excluding hydrogens is 369 g/mol. The van der Waals surface area contributed by atoms with Crippen molar-refractivity contribution in [1.29, 1.82) is 0 Å². The first kappa shape index (κ1) is 18.0. The highest BCUT2D eigenvalue weighted by Gasteiger charge is 2.25. The van der Waals surface area contributed by atoms with Gasteiger partial charge >= 0.3 is 0 Å². The molecule has 3 heterocycles. The molecule has 0 N–H and O–H groups in total. The lowest BCUT2D eigenvalue weighted by molar-refractivity contribution is 0.253. The Labute approximate surface area is 167 Å². The zero-order valence-corrected chi connectivity index (χ0v) is 16.5. The minimum atomic E-state index is -0.295. The molecule has 1 aliphatic rings. The molecule has 148 valence electrons. The lowest BCUT2D eigenvalue weighted by atomic mass is 9.85. The lowest BCUT2D eigenvalue weighted by Crippen LogP contribution is -2.31. The van der Waals surface area contributed by atoms with Crippen molar-refractivity contribution in [3.05, 3.63) is 58.4 Å². The Kier molecular flexibility index (Phi) is 4.19. The number of nitrogens with zero attached hydrogens (tertiary/aromatic N) is 5. The van der Waals surface area contributed by atoms with Gasteiger partial charge in [-0.2, -0.15) is 5.10 Å². The second kappa shape index (κ2) is 6.76. The summed E-state index contributed by atoms with van der Waals surface area (Å²) in [5, 5.41) is 13.2. The summed E-state index contributed by atoms with van der Waals surface area (Å²) in [5.74, 6) is 0.171. The third-order valence-electron chi connectivity index (χ3n) is 6.14. The normalized spacial score (nSPS) is 19.8. The van der Waals surface area contributed by atoms with Crippen LogP contribution < -0.4 is 5.56 Å². The number of fused-ring (bicyclic) bond motifs is 3. The monoisotopic (exact) mass is 391 g/mol. The van der Waals surface area contributed by atoms with E-state index < -0.39 is 0 Å². The summed E-state index contributed by atoms with van der Waals surface area (Å²) in [6.07, 6.45) is 6.38. The molecule has 0 spiro atoms. The van der Waals surface area contributed by atoms with E-state index in [2.05, 4.69) is 22.2 Å². The lowest BCUT2D eigenvalue weighted by Gasteiger charge is -2.30. The van der Waals surface area contributed by atoms with Crippen LogP contribution in [0.15, 0.2) is 41.3 Å². The minimum Gasteiger partial charge on any atom is -0.310 e. The van der Waals surface area contributed by atoms with Crippen molar-refractivity contribution < 1.29 is 4.39 Å². The van der Waals surface area contributed by atoms with Crippen LogP contribution in [-0.4, -0.2) is 24.4 Å². The SMILES string of the molecule is Cc1nn2c(nnc3c(=O)n([C@@H]4CCCC[C@@H]4C)ccc32)c1-c1ccc(F)cc1. The van der Waals surface area contributed by atoms with Crippen LogP contribution in [0.2, 0.25) is 0 Å². The first-order valence-corrected chi connectivity index (χ1v) is 10.1. The van der Waals surface area contributed by atoms with Gasteiger partial charge in [-0.15, -0.1) is 10.2 Å². The Morgan fingerprint density at radius 3 is 2.59 bits per heavy atom. The van der Waals surface area contributed by atoms with E-state index in [0.29, 0.717) is 22.6 Å². The fraction of sp³-hybridized carbons (Fsp3) is 0.364. The maximum Gasteiger partial charge on any atom is 0.280 e. The number of aryl methyl sites for hydroxylation is 1. The van der Waals surface area contributed by atoms with Gasteiger partial charge in [-0.3, -0.25) is 4.79 Å². The molecule has 5 rings (SSSR count). The highest BCUT2D eigenvalue weighted by atomic mass is 19.1.